The van der Waals surface area contributed by atoms with Gasteiger partial charge < -0.3 is 15.4 Å². The number of fused-ring (bicyclic) bond motifs is 1. The van der Waals surface area contributed by atoms with Gasteiger partial charge in [0, 0.05) is 30.5 Å². The van der Waals surface area contributed by atoms with Crippen molar-refractivity contribution in [2.75, 3.05) is 20.2 Å². The van der Waals surface area contributed by atoms with Gasteiger partial charge in [0.2, 0.25) is 0 Å². The summed E-state index contributed by atoms with van der Waals surface area (Å²) in [5.41, 5.74) is 1.21. The van der Waals surface area contributed by atoms with Crippen LogP contribution in [0.1, 0.15) is 29.8 Å². The second-order valence-electron chi connectivity index (χ2n) is 6.21. The van der Waals surface area contributed by atoms with E-state index in [0.29, 0.717) is 5.92 Å². The second kappa shape index (κ2) is 10.0. The minimum absolute atomic E-state index is 0. The normalized spacial score (nSPS) is 17.7. The summed E-state index contributed by atoms with van der Waals surface area (Å²) < 4.78 is 5.73. The van der Waals surface area contributed by atoms with E-state index in [-0.39, 0.29) is 30.0 Å². The van der Waals surface area contributed by atoms with Crippen molar-refractivity contribution in [2.24, 2.45) is 10.9 Å². The summed E-state index contributed by atoms with van der Waals surface area (Å²) >= 11 is 1.82. The molecule has 3 rings (SSSR count). The maximum atomic E-state index is 5.73. The first kappa shape index (κ1) is 20.0. The second-order valence-corrected chi connectivity index (χ2v) is 7.25. The van der Waals surface area contributed by atoms with Gasteiger partial charge in [-0.1, -0.05) is 31.2 Å². The van der Waals surface area contributed by atoms with Gasteiger partial charge in [0.15, 0.2) is 5.96 Å². The highest BCUT2D eigenvalue weighted by atomic mass is 127. The van der Waals surface area contributed by atoms with E-state index in [9.17, 15) is 0 Å². The number of guanidine groups is 1. The molecule has 0 bridgehead atoms. The number of nitrogens with one attached hydrogen (secondary N) is 2. The zero-order valence-corrected chi connectivity index (χ0v) is 17.8. The molecule has 0 saturated heterocycles. The summed E-state index contributed by atoms with van der Waals surface area (Å²) in [6, 6.07) is 12.8. The Morgan fingerprint density at radius 2 is 2.16 bits per heavy atom. The van der Waals surface area contributed by atoms with Crippen LogP contribution in [0, 0.1) is 5.92 Å². The number of rotatable bonds is 5. The lowest BCUT2D eigenvalue weighted by Gasteiger charge is -2.28. The Bertz CT molecular complexity index is 675. The molecule has 136 valence electrons. The summed E-state index contributed by atoms with van der Waals surface area (Å²) in [7, 11) is 1.82. The van der Waals surface area contributed by atoms with Gasteiger partial charge in [-0.25, -0.2) is 0 Å². The monoisotopic (exact) mass is 471 g/mol. The summed E-state index contributed by atoms with van der Waals surface area (Å²) in [6.45, 7) is 3.91. The van der Waals surface area contributed by atoms with Gasteiger partial charge in [0.05, 0.1) is 12.6 Å². The van der Waals surface area contributed by atoms with Crippen LogP contribution < -0.4 is 15.4 Å². The average Bonchev–Trinajstić information content (AvgIpc) is 3.11. The Labute approximate surface area is 171 Å². The fourth-order valence-corrected chi connectivity index (χ4v) is 3.84. The highest BCUT2D eigenvalue weighted by molar-refractivity contribution is 14.0. The summed E-state index contributed by atoms with van der Waals surface area (Å²) in [6.07, 6.45) is 2.05. The van der Waals surface area contributed by atoms with E-state index in [0.717, 1.165) is 37.7 Å². The number of benzene rings is 1. The van der Waals surface area contributed by atoms with Gasteiger partial charge in [0.1, 0.15) is 5.75 Å². The molecule has 2 heterocycles. The first-order chi connectivity index (χ1) is 11.8. The van der Waals surface area contributed by atoms with Crippen molar-refractivity contribution in [1.82, 2.24) is 10.6 Å². The van der Waals surface area contributed by atoms with Crippen molar-refractivity contribution < 1.29 is 4.74 Å². The number of nitrogens with zero attached hydrogens (tertiary/aromatic N) is 1. The highest BCUT2D eigenvalue weighted by Crippen LogP contribution is 2.31. The molecule has 0 aliphatic carbocycles. The van der Waals surface area contributed by atoms with Crippen molar-refractivity contribution in [3.8, 4) is 5.75 Å². The minimum atomic E-state index is 0. The Balaban J connectivity index is 0.00000225. The zero-order chi connectivity index (χ0) is 16.8. The molecular weight excluding hydrogens is 445 g/mol. The van der Waals surface area contributed by atoms with Crippen LogP contribution >= 0.6 is 35.3 Å². The maximum absolute atomic E-state index is 5.73. The number of hydrogen-bond acceptors (Lipinski definition) is 3. The molecule has 4 nitrogen and oxygen atoms in total. The van der Waals surface area contributed by atoms with Crippen LogP contribution in [0.3, 0.4) is 0 Å². The lowest BCUT2D eigenvalue weighted by Crippen LogP contribution is -2.42. The summed E-state index contributed by atoms with van der Waals surface area (Å²) in [5, 5.41) is 9.14. The Morgan fingerprint density at radius 1 is 1.32 bits per heavy atom. The Kier molecular flexibility index (Phi) is 8.02. The van der Waals surface area contributed by atoms with Gasteiger partial charge in [-0.3, -0.25) is 4.99 Å². The number of aliphatic imine (C=N–C) groups is 1. The van der Waals surface area contributed by atoms with Crippen LogP contribution in [0.5, 0.6) is 5.75 Å². The lowest BCUT2D eigenvalue weighted by molar-refractivity contribution is 0.261. The molecule has 0 fully saturated rings. The lowest BCUT2D eigenvalue weighted by atomic mass is 10.0. The van der Waals surface area contributed by atoms with Crippen molar-refractivity contribution in [1.29, 1.82) is 0 Å². The third-order valence-corrected chi connectivity index (χ3v) is 5.14. The maximum Gasteiger partial charge on any atom is 0.191 e. The van der Waals surface area contributed by atoms with Crippen LogP contribution in [0.4, 0.5) is 0 Å². The number of ether oxygens (including phenoxy) is 1. The zero-order valence-electron chi connectivity index (χ0n) is 14.7. The van der Waals surface area contributed by atoms with Gasteiger partial charge in [0.25, 0.3) is 0 Å². The van der Waals surface area contributed by atoms with E-state index in [2.05, 4.69) is 52.2 Å². The fraction of sp³-hybridized carbons (Fsp3) is 0.421. The van der Waals surface area contributed by atoms with E-state index >= 15 is 0 Å². The van der Waals surface area contributed by atoms with Gasteiger partial charge in [-0.15, -0.1) is 35.3 Å². The molecule has 2 unspecified atom stereocenters. The van der Waals surface area contributed by atoms with Crippen molar-refractivity contribution >= 4 is 41.3 Å². The van der Waals surface area contributed by atoms with Gasteiger partial charge in [-0.05, 0) is 29.9 Å². The third kappa shape index (κ3) is 5.60. The summed E-state index contributed by atoms with van der Waals surface area (Å²) in [5.74, 6) is 2.39. The molecule has 2 atom stereocenters. The first-order valence-electron chi connectivity index (χ1n) is 8.47. The molecule has 0 spiro atoms. The molecule has 0 saturated carbocycles. The van der Waals surface area contributed by atoms with Crippen LogP contribution in [0.15, 0.2) is 46.8 Å². The van der Waals surface area contributed by atoms with E-state index in [1.54, 1.807) is 0 Å². The van der Waals surface area contributed by atoms with E-state index in [1.165, 1.54) is 10.4 Å². The molecule has 1 aliphatic rings. The summed E-state index contributed by atoms with van der Waals surface area (Å²) in [4.78, 5) is 5.82. The number of halogens is 1. The molecule has 0 radical (unpaired) electrons. The van der Waals surface area contributed by atoms with Crippen LogP contribution in [-0.2, 0) is 6.42 Å². The average molecular weight is 471 g/mol. The highest BCUT2D eigenvalue weighted by Gasteiger charge is 2.21. The predicted octanol–water partition coefficient (Wildman–Crippen LogP) is 4.23. The molecule has 6 heteroatoms. The Hall–Kier alpha value is -1.28. The quantitative estimate of drug-likeness (QED) is 0.390. The predicted molar refractivity (Wildman–Crippen MR) is 116 cm³/mol. The smallest absolute Gasteiger partial charge is 0.191 e. The molecule has 1 aromatic carbocycles. The van der Waals surface area contributed by atoms with Crippen LogP contribution in [0.25, 0.3) is 0 Å². The van der Waals surface area contributed by atoms with E-state index in [4.69, 9.17) is 4.74 Å². The first-order valence-corrected chi connectivity index (χ1v) is 9.35. The van der Waals surface area contributed by atoms with Crippen molar-refractivity contribution in [2.45, 2.75) is 25.8 Å². The van der Waals surface area contributed by atoms with E-state index in [1.807, 2.05) is 30.5 Å². The van der Waals surface area contributed by atoms with Crippen molar-refractivity contribution in [3.63, 3.8) is 0 Å². The molecule has 2 aromatic rings. The topological polar surface area (TPSA) is 45.7 Å². The SMILES string of the molecule is CN=C(NCC(C)Cc1cccs1)NC1CCOc2ccccc21.I. The van der Waals surface area contributed by atoms with E-state index < -0.39 is 0 Å². The van der Waals surface area contributed by atoms with Crippen molar-refractivity contribution in [3.05, 3.63) is 52.2 Å². The molecule has 2 N–H and O–H groups in total. The molecule has 1 aromatic heterocycles. The largest absolute Gasteiger partial charge is 0.493 e. The number of thiophene rings is 1. The van der Waals surface area contributed by atoms with Crippen LogP contribution in [-0.4, -0.2) is 26.2 Å². The number of hydrogen-bond donors (Lipinski definition) is 2. The minimum Gasteiger partial charge on any atom is -0.493 e. The Morgan fingerprint density at radius 3 is 2.92 bits per heavy atom. The molecular formula is C19H26IN3OS. The van der Waals surface area contributed by atoms with Crippen LogP contribution in [0.2, 0.25) is 0 Å². The standard InChI is InChI=1S/C19H25N3OS.HI/c1-14(12-15-6-5-11-24-15)13-21-19(20-2)22-17-9-10-23-18-8-4-3-7-16(17)18;/h3-8,11,14,17H,9-10,12-13H2,1-2H3,(H2,20,21,22);1H. The number of para-hydroxylation sites is 1. The molecule has 25 heavy (non-hydrogen) atoms. The third-order valence-electron chi connectivity index (χ3n) is 4.24. The molecule has 0 amide bonds. The molecule has 1 aliphatic heterocycles. The fourth-order valence-electron chi connectivity index (χ4n) is 2.97. The van der Waals surface area contributed by atoms with Gasteiger partial charge in [-0.2, -0.15) is 0 Å². The van der Waals surface area contributed by atoms with Gasteiger partial charge >= 0.3 is 0 Å².